The first-order valence-corrected chi connectivity index (χ1v) is 6.68. The van der Waals surface area contributed by atoms with E-state index in [1.165, 1.54) is 0 Å². The van der Waals surface area contributed by atoms with E-state index < -0.39 is 5.92 Å². The van der Waals surface area contributed by atoms with Gasteiger partial charge in [-0.1, -0.05) is 41.9 Å². The van der Waals surface area contributed by atoms with Crippen LogP contribution in [0.2, 0.25) is 5.02 Å². The van der Waals surface area contributed by atoms with Gasteiger partial charge in [0.05, 0.1) is 6.07 Å². The number of carbonyl (C=O) groups excluding carboxylic acids is 1. The Morgan fingerprint density at radius 2 is 1.90 bits per heavy atom. The fourth-order valence-electron chi connectivity index (χ4n) is 2.14. The molecule has 0 spiro atoms. The average molecular weight is 284 g/mol. The molecule has 0 bridgehead atoms. The SMILES string of the molecule is Cc1cccc(C(=O)C(C#N)c2cccc(Cl)c2)c1C. The van der Waals surface area contributed by atoms with Crippen LogP contribution in [0.3, 0.4) is 0 Å². The molecule has 0 saturated carbocycles. The first-order chi connectivity index (χ1) is 9.54. The molecule has 3 heteroatoms. The molecule has 2 aromatic rings. The molecule has 2 aromatic carbocycles. The van der Waals surface area contributed by atoms with Crippen LogP contribution in [0.4, 0.5) is 0 Å². The number of nitrogens with zero attached hydrogens (tertiary/aromatic N) is 1. The van der Waals surface area contributed by atoms with Crippen molar-refractivity contribution in [3.8, 4) is 6.07 Å². The monoisotopic (exact) mass is 283 g/mol. The van der Waals surface area contributed by atoms with Crippen molar-refractivity contribution in [1.82, 2.24) is 0 Å². The van der Waals surface area contributed by atoms with Gasteiger partial charge in [-0.05, 0) is 42.7 Å². The summed E-state index contributed by atoms with van der Waals surface area (Å²) in [5.74, 6) is -1.01. The number of Topliss-reactive ketones (excluding diaryl/α,β-unsaturated/α-hetero) is 1. The van der Waals surface area contributed by atoms with E-state index in [0.29, 0.717) is 16.1 Å². The summed E-state index contributed by atoms with van der Waals surface area (Å²) < 4.78 is 0. The molecular weight excluding hydrogens is 270 g/mol. The zero-order chi connectivity index (χ0) is 14.7. The van der Waals surface area contributed by atoms with Crippen molar-refractivity contribution >= 4 is 17.4 Å². The number of ketones is 1. The molecule has 0 aromatic heterocycles. The third-order valence-electron chi connectivity index (χ3n) is 3.44. The maximum absolute atomic E-state index is 12.6. The predicted molar refractivity (Wildman–Crippen MR) is 80.1 cm³/mol. The molecular formula is C17H14ClNO. The van der Waals surface area contributed by atoms with Crippen molar-refractivity contribution < 1.29 is 4.79 Å². The van der Waals surface area contributed by atoms with E-state index in [2.05, 4.69) is 6.07 Å². The maximum Gasteiger partial charge on any atom is 0.184 e. The summed E-state index contributed by atoms with van der Waals surface area (Å²) in [4.78, 5) is 12.6. The van der Waals surface area contributed by atoms with Gasteiger partial charge in [0.1, 0.15) is 5.92 Å². The van der Waals surface area contributed by atoms with Crippen LogP contribution in [-0.4, -0.2) is 5.78 Å². The summed E-state index contributed by atoms with van der Waals surface area (Å²) in [6.07, 6.45) is 0. The van der Waals surface area contributed by atoms with Crippen molar-refractivity contribution in [2.24, 2.45) is 0 Å². The van der Waals surface area contributed by atoms with Gasteiger partial charge in [-0.15, -0.1) is 0 Å². The highest BCUT2D eigenvalue weighted by atomic mass is 35.5. The molecule has 20 heavy (non-hydrogen) atoms. The van der Waals surface area contributed by atoms with Gasteiger partial charge in [-0.25, -0.2) is 0 Å². The summed E-state index contributed by atoms with van der Waals surface area (Å²) in [6, 6.07) is 14.5. The second-order valence-corrected chi connectivity index (χ2v) is 5.17. The smallest absolute Gasteiger partial charge is 0.184 e. The number of hydrogen-bond donors (Lipinski definition) is 0. The van der Waals surface area contributed by atoms with Crippen LogP contribution in [0.5, 0.6) is 0 Å². The lowest BCUT2D eigenvalue weighted by atomic mass is 9.89. The summed E-state index contributed by atoms with van der Waals surface area (Å²) in [6.45, 7) is 3.85. The molecule has 100 valence electrons. The molecule has 2 rings (SSSR count). The molecule has 0 aliphatic carbocycles. The van der Waals surface area contributed by atoms with Crippen molar-refractivity contribution in [3.63, 3.8) is 0 Å². The van der Waals surface area contributed by atoms with Crippen LogP contribution in [0.15, 0.2) is 42.5 Å². The summed E-state index contributed by atoms with van der Waals surface area (Å²) in [5, 5.41) is 9.87. The van der Waals surface area contributed by atoms with Crippen LogP contribution < -0.4 is 0 Å². The van der Waals surface area contributed by atoms with Gasteiger partial charge in [0, 0.05) is 10.6 Å². The van der Waals surface area contributed by atoms with Crippen LogP contribution in [0.1, 0.15) is 33.0 Å². The molecule has 0 saturated heterocycles. The number of aryl methyl sites for hydroxylation is 1. The van der Waals surface area contributed by atoms with Crippen molar-refractivity contribution in [1.29, 1.82) is 5.26 Å². The number of nitriles is 1. The van der Waals surface area contributed by atoms with E-state index >= 15 is 0 Å². The number of benzene rings is 2. The molecule has 0 heterocycles. The largest absolute Gasteiger partial charge is 0.292 e. The van der Waals surface area contributed by atoms with Gasteiger partial charge in [-0.3, -0.25) is 4.79 Å². The lowest BCUT2D eigenvalue weighted by molar-refractivity contribution is 0.0978. The quantitative estimate of drug-likeness (QED) is 0.781. The minimum absolute atomic E-state index is 0.184. The van der Waals surface area contributed by atoms with E-state index in [0.717, 1.165) is 11.1 Å². The van der Waals surface area contributed by atoms with Crippen LogP contribution >= 0.6 is 11.6 Å². The number of hydrogen-bond acceptors (Lipinski definition) is 2. The van der Waals surface area contributed by atoms with Crippen LogP contribution in [-0.2, 0) is 0 Å². The van der Waals surface area contributed by atoms with Crippen molar-refractivity contribution in [2.45, 2.75) is 19.8 Å². The third kappa shape index (κ3) is 2.74. The Morgan fingerprint density at radius 1 is 1.20 bits per heavy atom. The fraction of sp³-hybridized carbons (Fsp3) is 0.176. The summed E-state index contributed by atoms with van der Waals surface area (Å²) in [7, 11) is 0. The van der Waals surface area contributed by atoms with Crippen molar-refractivity contribution in [3.05, 3.63) is 69.7 Å². The molecule has 1 unspecified atom stereocenters. The zero-order valence-electron chi connectivity index (χ0n) is 11.4. The van der Waals surface area contributed by atoms with E-state index in [9.17, 15) is 10.1 Å². The number of carbonyl (C=O) groups is 1. The first kappa shape index (κ1) is 14.3. The minimum Gasteiger partial charge on any atom is -0.292 e. The molecule has 1 atom stereocenters. The summed E-state index contributed by atoms with van der Waals surface area (Å²) >= 11 is 5.93. The number of rotatable bonds is 3. The highest BCUT2D eigenvalue weighted by Gasteiger charge is 2.23. The first-order valence-electron chi connectivity index (χ1n) is 6.30. The number of halogens is 1. The maximum atomic E-state index is 12.6. The lowest BCUT2D eigenvalue weighted by Gasteiger charge is -2.12. The second kappa shape index (κ2) is 5.90. The minimum atomic E-state index is -0.825. The van der Waals surface area contributed by atoms with Gasteiger partial charge in [0.15, 0.2) is 5.78 Å². The van der Waals surface area contributed by atoms with Crippen molar-refractivity contribution in [2.75, 3.05) is 0 Å². The molecule has 0 aliphatic heterocycles. The Hall–Kier alpha value is -2.11. The van der Waals surface area contributed by atoms with Gasteiger partial charge in [0.2, 0.25) is 0 Å². The normalized spacial score (nSPS) is 11.7. The Kier molecular flexibility index (Phi) is 4.22. The Labute approximate surface area is 123 Å². The highest BCUT2D eigenvalue weighted by molar-refractivity contribution is 6.30. The Balaban J connectivity index is 2.45. The lowest BCUT2D eigenvalue weighted by Crippen LogP contribution is -2.13. The molecule has 0 N–H and O–H groups in total. The average Bonchev–Trinajstić information content (AvgIpc) is 2.42. The van der Waals surface area contributed by atoms with Crippen LogP contribution in [0, 0.1) is 25.2 Å². The Morgan fingerprint density at radius 3 is 2.55 bits per heavy atom. The van der Waals surface area contributed by atoms with Gasteiger partial charge >= 0.3 is 0 Å². The molecule has 0 aliphatic rings. The summed E-state index contributed by atoms with van der Waals surface area (Å²) in [5.41, 5.74) is 3.18. The second-order valence-electron chi connectivity index (χ2n) is 4.73. The van der Waals surface area contributed by atoms with E-state index in [4.69, 9.17) is 11.6 Å². The molecule has 0 amide bonds. The highest BCUT2D eigenvalue weighted by Crippen LogP contribution is 2.25. The predicted octanol–water partition coefficient (Wildman–Crippen LogP) is 4.45. The molecule has 0 radical (unpaired) electrons. The van der Waals surface area contributed by atoms with E-state index in [1.54, 1.807) is 30.3 Å². The molecule has 0 fully saturated rings. The van der Waals surface area contributed by atoms with E-state index in [-0.39, 0.29) is 5.78 Å². The fourth-order valence-corrected chi connectivity index (χ4v) is 2.34. The standard InChI is InChI=1S/C17H14ClNO/c1-11-5-3-8-15(12(11)2)17(20)16(10-19)13-6-4-7-14(18)9-13/h3-9,16H,1-2H3. The van der Waals surface area contributed by atoms with E-state index in [1.807, 2.05) is 26.0 Å². The Bertz CT molecular complexity index is 700. The van der Waals surface area contributed by atoms with Crippen LogP contribution in [0.25, 0.3) is 0 Å². The molecule has 2 nitrogen and oxygen atoms in total. The zero-order valence-corrected chi connectivity index (χ0v) is 12.1. The van der Waals surface area contributed by atoms with Gasteiger partial charge in [-0.2, -0.15) is 5.26 Å². The topological polar surface area (TPSA) is 40.9 Å². The van der Waals surface area contributed by atoms with Gasteiger partial charge in [0.25, 0.3) is 0 Å². The third-order valence-corrected chi connectivity index (χ3v) is 3.68. The van der Waals surface area contributed by atoms with Gasteiger partial charge < -0.3 is 0 Å².